The maximum Gasteiger partial charge on any atom is 0.335 e. The number of carbonyl (C=O) groups excluding carboxylic acids is 1. The summed E-state index contributed by atoms with van der Waals surface area (Å²) in [5, 5.41) is 22.0. The van der Waals surface area contributed by atoms with Gasteiger partial charge in [-0.25, -0.2) is 10.2 Å². The van der Waals surface area contributed by atoms with Crippen molar-refractivity contribution >= 4 is 18.1 Å². The number of carbonyl (C=O) groups is 2. The summed E-state index contributed by atoms with van der Waals surface area (Å²) in [5.41, 5.74) is 3.21. The van der Waals surface area contributed by atoms with Gasteiger partial charge in [0.15, 0.2) is 0 Å². The van der Waals surface area contributed by atoms with Crippen molar-refractivity contribution in [3.8, 4) is 5.75 Å². The topological polar surface area (TPSA) is 99.0 Å². The highest BCUT2D eigenvalue weighted by molar-refractivity contribution is 5.97. The van der Waals surface area contributed by atoms with E-state index in [0.717, 1.165) is 0 Å². The summed E-state index contributed by atoms with van der Waals surface area (Å²) in [7, 11) is 0. The zero-order chi connectivity index (χ0) is 15.2. The van der Waals surface area contributed by atoms with Gasteiger partial charge in [0.1, 0.15) is 5.75 Å². The van der Waals surface area contributed by atoms with Crippen molar-refractivity contribution in [3.05, 3.63) is 65.2 Å². The SMILES string of the molecule is O=C(O)c1ccc(C=NNC(=O)c2ccccc2O)cc1. The quantitative estimate of drug-likeness (QED) is 0.589. The number of carboxylic acid groups (broad SMARTS) is 1. The van der Waals surface area contributed by atoms with Gasteiger partial charge in [0.2, 0.25) is 0 Å². The third kappa shape index (κ3) is 3.66. The van der Waals surface area contributed by atoms with Crippen LogP contribution in [-0.4, -0.2) is 28.3 Å². The predicted molar refractivity (Wildman–Crippen MR) is 76.6 cm³/mol. The van der Waals surface area contributed by atoms with Crippen LogP contribution in [0.2, 0.25) is 0 Å². The molecule has 0 spiro atoms. The summed E-state index contributed by atoms with van der Waals surface area (Å²) in [6.45, 7) is 0. The molecule has 0 radical (unpaired) electrons. The van der Waals surface area contributed by atoms with Crippen LogP contribution in [0.4, 0.5) is 0 Å². The van der Waals surface area contributed by atoms with Gasteiger partial charge in [-0.2, -0.15) is 5.10 Å². The van der Waals surface area contributed by atoms with Gasteiger partial charge in [-0.15, -0.1) is 0 Å². The molecule has 2 aromatic carbocycles. The van der Waals surface area contributed by atoms with E-state index in [0.29, 0.717) is 5.56 Å². The van der Waals surface area contributed by atoms with E-state index < -0.39 is 11.9 Å². The second kappa shape index (κ2) is 6.33. The summed E-state index contributed by atoms with van der Waals surface area (Å²) in [5.74, 6) is -1.67. The van der Waals surface area contributed by atoms with Crippen LogP contribution in [0.1, 0.15) is 26.3 Å². The number of nitrogens with one attached hydrogen (secondary N) is 1. The smallest absolute Gasteiger partial charge is 0.335 e. The molecular formula is C15H12N2O4. The number of para-hydroxylation sites is 1. The van der Waals surface area contributed by atoms with Crippen LogP contribution in [0.25, 0.3) is 0 Å². The van der Waals surface area contributed by atoms with Crippen molar-refractivity contribution in [2.24, 2.45) is 5.10 Å². The molecule has 6 nitrogen and oxygen atoms in total. The van der Waals surface area contributed by atoms with E-state index in [-0.39, 0.29) is 16.9 Å². The van der Waals surface area contributed by atoms with Crippen LogP contribution >= 0.6 is 0 Å². The first kappa shape index (κ1) is 14.3. The lowest BCUT2D eigenvalue weighted by atomic mass is 10.1. The Morgan fingerprint density at radius 2 is 1.71 bits per heavy atom. The Bertz CT molecular complexity index is 693. The second-order valence-electron chi connectivity index (χ2n) is 4.14. The monoisotopic (exact) mass is 284 g/mol. The number of nitrogens with zero attached hydrogens (tertiary/aromatic N) is 1. The molecule has 0 saturated heterocycles. The molecule has 0 fully saturated rings. The van der Waals surface area contributed by atoms with Crippen molar-refractivity contribution in [1.82, 2.24) is 5.43 Å². The number of phenolic OH excluding ortho intramolecular Hbond substituents is 1. The van der Waals surface area contributed by atoms with Crippen LogP contribution in [-0.2, 0) is 0 Å². The molecule has 0 aliphatic carbocycles. The third-order valence-electron chi connectivity index (χ3n) is 2.69. The van der Waals surface area contributed by atoms with E-state index in [9.17, 15) is 14.7 Å². The Morgan fingerprint density at radius 3 is 2.33 bits per heavy atom. The fourth-order valence-electron chi connectivity index (χ4n) is 1.60. The maximum atomic E-state index is 11.7. The Balaban J connectivity index is 2.01. The lowest BCUT2D eigenvalue weighted by Gasteiger charge is -2.01. The second-order valence-corrected chi connectivity index (χ2v) is 4.14. The van der Waals surface area contributed by atoms with Crippen molar-refractivity contribution in [1.29, 1.82) is 0 Å². The fraction of sp³-hybridized carbons (Fsp3) is 0. The molecule has 0 heterocycles. The fourth-order valence-corrected chi connectivity index (χ4v) is 1.60. The summed E-state index contributed by atoms with van der Waals surface area (Å²) in [4.78, 5) is 22.4. The molecule has 0 aliphatic rings. The van der Waals surface area contributed by atoms with E-state index in [2.05, 4.69) is 10.5 Å². The van der Waals surface area contributed by atoms with E-state index in [1.54, 1.807) is 24.3 Å². The van der Waals surface area contributed by atoms with Gasteiger partial charge in [-0.1, -0.05) is 24.3 Å². The Hall–Kier alpha value is -3.15. The number of hydrogen-bond donors (Lipinski definition) is 3. The predicted octanol–water partition coefficient (Wildman–Crippen LogP) is 1.85. The number of amides is 1. The minimum Gasteiger partial charge on any atom is -0.507 e. The molecule has 0 aromatic heterocycles. The number of phenols is 1. The lowest BCUT2D eigenvalue weighted by molar-refractivity contribution is 0.0696. The minimum atomic E-state index is -1.01. The zero-order valence-electron chi connectivity index (χ0n) is 10.9. The van der Waals surface area contributed by atoms with Gasteiger partial charge in [-0.05, 0) is 29.8 Å². The number of carboxylic acids is 1. The third-order valence-corrected chi connectivity index (χ3v) is 2.69. The van der Waals surface area contributed by atoms with Crippen LogP contribution in [0, 0.1) is 0 Å². The highest BCUT2D eigenvalue weighted by Gasteiger charge is 2.08. The summed E-state index contributed by atoms with van der Waals surface area (Å²) in [6.07, 6.45) is 1.38. The Morgan fingerprint density at radius 1 is 1.05 bits per heavy atom. The average molecular weight is 284 g/mol. The van der Waals surface area contributed by atoms with Crippen LogP contribution in [0.3, 0.4) is 0 Å². The van der Waals surface area contributed by atoms with E-state index in [1.807, 2.05) is 0 Å². The van der Waals surface area contributed by atoms with Gasteiger partial charge in [-0.3, -0.25) is 4.79 Å². The van der Waals surface area contributed by atoms with Gasteiger partial charge < -0.3 is 10.2 Å². The molecular weight excluding hydrogens is 272 g/mol. The average Bonchev–Trinajstić information content (AvgIpc) is 2.48. The van der Waals surface area contributed by atoms with Crippen molar-refractivity contribution in [2.45, 2.75) is 0 Å². The largest absolute Gasteiger partial charge is 0.507 e. The normalized spacial score (nSPS) is 10.5. The molecule has 6 heteroatoms. The number of rotatable bonds is 4. The summed E-state index contributed by atoms with van der Waals surface area (Å²) in [6, 6.07) is 12.1. The standard InChI is InChI=1S/C15H12N2O4/c18-13-4-2-1-3-12(13)14(19)17-16-9-10-5-7-11(8-6-10)15(20)21/h1-9,18H,(H,17,19)(H,20,21). The van der Waals surface area contributed by atoms with Crippen molar-refractivity contribution in [3.63, 3.8) is 0 Å². The van der Waals surface area contributed by atoms with Crippen LogP contribution < -0.4 is 5.43 Å². The van der Waals surface area contributed by atoms with Crippen molar-refractivity contribution < 1.29 is 19.8 Å². The van der Waals surface area contributed by atoms with Crippen LogP contribution in [0.15, 0.2) is 53.6 Å². The molecule has 2 aromatic rings. The summed E-state index contributed by atoms with van der Waals surface area (Å²) < 4.78 is 0. The Labute approximate surface area is 120 Å². The number of hydrogen-bond acceptors (Lipinski definition) is 4. The molecule has 21 heavy (non-hydrogen) atoms. The Kier molecular flexibility index (Phi) is 4.30. The highest BCUT2D eigenvalue weighted by atomic mass is 16.4. The first-order chi connectivity index (χ1) is 10.1. The molecule has 0 atom stereocenters. The molecule has 0 saturated carbocycles. The van der Waals surface area contributed by atoms with Crippen molar-refractivity contribution in [2.75, 3.05) is 0 Å². The summed E-state index contributed by atoms with van der Waals surface area (Å²) >= 11 is 0. The van der Waals surface area contributed by atoms with Gasteiger partial charge in [0.05, 0.1) is 17.3 Å². The van der Waals surface area contributed by atoms with Gasteiger partial charge >= 0.3 is 5.97 Å². The number of hydrazone groups is 1. The molecule has 0 aliphatic heterocycles. The first-order valence-corrected chi connectivity index (χ1v) is 6.02. The van der Waals surface area contributed by atoms with E-state index in [4.69, 9.17) is 5.11 Å². The van der Waals surface area contributed by atoms with E-state index >= 15 is 0 Å². The maximum absolute atomic E-state index is 11.7. The minimum absolute atomic E-state index is 0.121. The number of aromatic carboxylic acids is 1. The molecule has 1 amide bonds. The molecule has 106 valence electrons. The van der Waals surface area contributed by atoms with Gasteiger partial charge in [0, 0.05) is 0 Å². The molecule has 3 N–H and O–H groups in total. The van der Waals surface area contributed by atoms with Gasteiger partial charge in [0.25, 0.3) is 5.91 Å². The highest BCUT2D eigenvalue weighted by Crippen LogP contribution is 2.14. The molecule has 2 rings (SSSR count). The number of benzene rings is 2. The first-order valence-electron chi connectivity index (χ1n) is 6.02. The molecule has 0 unspecified atom stereocenters. The van der Waals surface area contributed by atoms with Crippen LogP contribution in [0.5, 0.6) is 5.75 Å². The number of aromatic hydroxyl groups is 1. The lowest BCUT2D eigenvalue weighted by Crippen LogP contribution is -2.17. The van der Waals surface area contributed by atoms with E-state index in [1.165, 1.54) is 30.5 Å². The zero-order valence-corrected chi connectivity index (χ0v) is 10.9. The molecule has 0 bridgehead atoms.